The number of hydrogen-bond donors (Lipinski definition) is 1. The van der Waals surface area contributed by atoms with Gasteiger partial charge in [-0.3, -0.25) is 9.59 Å². The number of amides is 2. The van der Waals surface area contributed by atoms with E-state index in [0.717, 1.165) is 44.1 Å². The molecule has 1 spiro atoms. The van der Waals surface area contributed by atoms with Gasteiger partial charge in [0.1, 0.15) is 17.7 Å². The van der Waals surface area contributed by atoms with Gasteiger partial charge in [0.15, 0.2) is 0 Å². The van der Waals surface area contributed by atoms with Gasteiger partial charge in [0.2, 0.25) is 11.8 Å². The summed E-state index contributed by atoms with van der Waals surface area (Å²) in [7, 11) is 2.04. The van der Waals surface area contributed by atoms with Crippen molar-refractivity contribution in [3.63, 3.8) is 0 Å². The number of nitrogens with one attached hydrogen (secondary N) is 1. The number of anilines is 1. The summed E-state index contributed by atoms with van der Waals surface area (Å²) in [5.41, 5.74) is -0.201. The molecule has 1 unspecified atom stereocenters. The van der Waals surface area contributed by atoms with Crippen LogP contribution in [0.5, 0.6) is 0 Å². The highest BCUT2D eigenvalue weighted by Crippen LogP contribution is 2.47. The van der Waals surface area contributed by atoms with E-state index in [9.17, 15) is 18.4 Å². The molecule has 0 bridgehead atoms. The van der Waals surface area contributed by atoms with E-state index in [1.807, 2.05) is 7.05 Å². The van der Waals surface area contributed by atoms with Gasteiger partial charge in [-0.25, -0.2) is 8.78 Å². The minimum Gasteiger partial charge on any atom is -0.322 e. The second-order valence-electron chi connectivity index (χ2n) is 6.81. The normalized spacial score (nSPS) is 22.6. The van der Waals surface area contributed by atoms with Gasteiger partial charge < -0.3 is 15.1 Å². The fourth-order valence-corrected chi connectivity index (χ4v) is 5.20. The first kappa shape index (κ1) is 19.1. The van der Waals surface area contributed by atoms with E-state index in [2.05, 4.69) is 10.2 Å². The van der Waals surface area contributed by atoms with Crippen LogP contribution in [0.1, 0.15) is 26.2 Å². The molecule has 26 heavy (non-hydrogen) atoms. The van der Waals surface area contributed by atoms with E-state index in [0.29, 0.717) is 12.2 Å². The molecule has 0 aliphatic carbocycles. The second kappa shape index (κ2) is 7.52. The summed E-state index contributed by atoms with van der Waals surface area (Å²) in [5, 5.41) is 2.46. The fraction of sp³-hybridized carbons (Fsp3) is 0.556. The Morgan fingerprint density at radius 1 is 1.31 bits per heavy atom. The first-order valence-corrected chi connectivity index (χ1v) is 9.75. The zero-order valence-electron chi connectivity index (χ0n) is 14.9. The molecule has 5 nitrogen and oxygen atoms in total. The molecular formula is C18H23F2N3O2S. The maximum atomic E-state index is 13.9. The van der Waals surface area contributed by atoms with Crippen LogP contribution in [0.3, 0.4) is 0 Å². The van der Waals surface area contributed by atoms with Crippen molar-refractivity contribution in [2.24, 2.45) is 0 Å². The molecule has 2 aliphatic heterocycles. The van der Waals surface area contributed by atoms with E-state index in [1.165, 1.54) is 0 Å². The summed E-state index contributed by atoms with van der Waals surface area (Å²) in [6, 6.07) is 2.24. The molecule has 2 amide bonds. The molecule has 2 heterocycles. The lowest BCUT2D eigenvalue weighted by molar-refractivity contribution is -0.141. The third kappa shape index (κ3) is 3.57. The Kier molecular flexibility index (Phi) is 5.53. The van der Waals surface area contributed by atoms with Crippen molar-refractivity contribution in [2.75, 3.05) is 31.2 Å². The van der Waals surface area contributed by atoms with E-state index in [1.54, 1.807) is 23.6 Å². The van der Waals surface area contributed by atoms with Crippen LogP contribution in [0.4, 0.5) is 14.5 Å². The highest BCUT2D eigenvalue weighted by molar-refractivity contribution is 8.01. The van der Waals surface area contributed by atoms with Gasteiger partial charge in [-0.15, -0.1) is 11.8 Å². The van der Waals surface area contributed by atoms with E-state index in [-0.39, 0.29) is 16.5 Å². The van der Waals surface area contributed by atoms with Crippen molar-refractivity contribution in [1.82, 2.24) is 9.80 Å². The Morgan fingerprint density at radius 2 is 2.00 bits per heavy atom. The summed E-state index contributed by atoms with van der Waals surface area (Å²) >= 11 is 1.62. The largest absolute Gasteiger partial charge is 0.322 e. The molecule has 2 saturated heterocycles. The van der Waals surface area contributed by atoms with Crippen LogP contribution in [0.15, 0.2) is 18.2 Å². The smallest absolute Gasteiger partial charge is 0.248 e. The van der Waals surface area contributed by atoms with Gasteiger partial charge >= 0.3 is 0 Å². The average Bonchev–Trinajstić information content (AvgIpc) is 2.99. The lowest BCUT2D eigenvalue weighted by atomic mass is 10.00. The maximum absolute atomic E-state index is 13.9. The zero-order valence-corrected chi connectivity index (χ0v) is 15.7. The topological polar surface area (TPSA) is 52.7 Å². The third-order valence-corrected chi connectivity index (χ3v) is 6.71. The van der Waals surface area contributed by atoms with Crippen molar-refractivity contribution >= 4 is 29.3 Å². The molecule has 2 aliphatic rings. The molecular weight excluding hydrogens is 360 g/mol. The monoisotopic (exact) mass is 383 g/mol. The Morgan fingerprint density at radius 3 is 2.65 bits per heavy atom. The number of rotatable bonds is 3. The van der Waals surface area contributed by atoms with Crippen LogP contribution >= 0.6 is 11.8 Å². The fourth-order valence-electron chi connectivity index (χ4n) is 3.59. The van der Waals surface area contributed by atoms with Crippen LogP contribution in [-0.2, 0) is 9.59 Å². The highest BCUT2D eigenvalue weighted by Gasteiger charge is 2.52. The van der Waals surface area contributed by atoms with Crippen molar-refractivity contribution in [3.05, 3.63) is 29.8 Å². The summed E-state index contributed by atoms with van der Waals surface area (Å²) in [4.78, 5) is 28.9. The van der Waals surface area contributed by atoms with Crippen molar-refractivity contribution in [3.8, 4) is 0 Å². The number of piperidine rings is 1. The van der Waals surface area contributed by atoms with Crippen LogP contribution in [0, 0.1) is 11.6 Å². The van der Waals surface area contributed by atoms with Crippen molar-refractivity contribution in [1.29, 1.82) is 0 Å². The SMILES string of the molecule is CCC(=O)N1C(C(=O)Nc2cc(F)ccc2F)CSC12CCN(C)CC2. The van der Waals surface area contributed by atoms with E-state index >= 15 is 0 Å². The second-order valence-corrected chi connectivity index (χ2v) is 8.19. The molecule has 1 atom stereocenters. The standard InChI is InChI=1S/C18H23F2N3O2S/c1-3-16(24)23-15(11-26-18(23)6-8-22(2)9-7-18)17(25)21-14-10-12(19)4-5-13(14)20/h4-5,10,15H,3,6-9,11H2,1-2H3,(H,21,25). The predicted molar refractivity (Wildman–Crippen MR) is 97.8 cm³/mol. The quantitative estimate of drug-likeness (QED) is 0.872. The molecule has 0 saturated carbocycles. The number of likely N-dealkylation sites (tertiary alicyclic amines) is 1. The number of hydrogen-bond acceptors (Lipinski definition) is 4. The number of halogens is 2. The number of carbonyl (C=O) groups excluding carboxylic acids is 2. The third-order valence-electron chi connectivity index (χ3n) is 5.09. The maximum Gasteiger partial charge on any atom is 0.248 e. The summed E-state index contributed by atoms with van der Waals surface area (Å²) in [6.07, 6.45) is 1.88. The molecule has 142 valence electrons. The lowest BCUT2D eigenvalue weighted by Gasteiger charge is -2.44. The van der Waals surface area contributed by atoms with E-state index < -0.39 is 23.6 Å². The van der Waals surface area contributed by atoms with Gasteiger partial charge in [-0.05, 0) is 32.0 Å². The molecule has 3 rings (SSSR count). The molecule has 0 radical (unpaired) electrons. The Labute approximate surface area is 156 Å². The van der Waals surface area contributed by atoms with Gasteiger partial charge in [0.05, 0.1) is 10.6 Å². The number of benzene rings is 1. The minimum absolute atomic E-state index is 0.0839. The molecule has 1 aromatic rings. The predicted octanol–water partition coefficient (Wildman–Crippen LogP) is 2.68. The van der Waals surface area contributed by atoms with Crippen molar-refractivity contribution < 1.29 is 18.4 Å². The Hall–Kier alpha value is -1.67. The van der Waals surface area contributed by atoms with Crippen LogP contribution < -0.4 is 5.32 Å². The highest BCUT2D eigenvalue weighted by atomic mass is 32.2. The number of nitrogens with zero attached hydrogens (tertiary/aromatic N) is 2. The van der Waals surface area contributed by atoms with Gasteiger partial charge in [0, 0.05) is 31.3 Å². The zero-order chi connectivity index (χ0) is 18.9. The number of carbonyl (C=O) groups is 2. The first-order valence-electron chi connectivity index (χ1n) is 8.77. The first-order chi connectivity index (χ1) is 12.4. The Balaban J connectivity index is 1.82. The van der Waals surface area contributed by atoms with Crippen LogP contribution in [-0.4, -0.2) is 58.4 Å². The van der Waals surface area contributed by atoms with Gasteiger partial charge in [0.25, 0.3) is 0 Å². The lowest BCUT2D eigenvalue weighted by Crippen LogP contribution is -2.57. The summed E-state index contributed by atoms with van der Waals surface area (Å²) in [6.45, 7) is 3.48. The van der Waals surface area contributed by atoms with Gasteiger partial charge in [-0.2, -0.15) is 0 Å². The van der Waals surface area contributed by atoms with E-state index in [4.69, 9.17) is 0 Å². The summed E-state index contributed by atoms with van der Waals surface area (Å²) < 4.78 is 27.2. The molecule has 0 aromatic heterocycles. The van der Waals surface area contributed by atoms with Crippen LogP contribution in [0.2, 0.25) is 0 Å². The Bertz CT molecular complexity index is 708. The molecule has 1 aromatic carbocycles. The van der Waals surface area contributed by atoms with Gasteiger partial charge in [-0.1, -0.05) is 6.92 Å². The summed E-state index contributed by atoms with van der Waals surface area (Å²) in [5.74, 6) is -1.43. The number of thioether (sulfide) groups is 1. The molecule has 8 heteroatoms. The minimum atomic E-state index is -0.701. The molecule has 2 fully saturated rings. The van der Waals surface area contributed by atoms with Crippen LogP contribution in [0.25, 0.3) is 0 Å². The molecule has 1 N–H and O–H groups in total. The van der Waals surface area contributed by atoms with Crippen molar-refractivity contribution in [2.45, 2.75) is 37.1 Å². The average molecular weight is 383 g/mol.